The summed E-state index contributed by atoms with van der Waals surface area (Å²) >= 11 is 0. The van der Waals surface area contributed by atoms with Crippen LogP contribution < -0.4 is 15.1 Å². The zero-order chi connectivity index (χ0) is 28.7. The molecule has 212 valence electrons. The van der Waals surface area contributed by atoms with Crippen LogP contribution in [-0.2, 0) is 18.9 Å². The number of halogens is 6. The molecule has 0 bridgehead atoms. The Labute approximate surface area is 227 Å². The van der Waals surface area contributed by atoms with Crippen LogP contribution in [0.25, 0.3) is 22.2 Å². The summed E-state index contributed by atoms with van der Waals surface area (Å²) in [5, 5.41) is 3.31. The Morgan fingerprint density at radius 1 is 0.900 bits per heavy atom. The molecule has 1 aliphatic rings. The van der Waals surface area contributed by atoms with Crippen LogP contribution in [0.2, 0.25) is 0 Å². The first-order valence-electron chi connectivity index (χ1n) is 12.9. The first-order valence-corrected chi connectivity index (χ1v) is 12.9. The molecule has 1 saturated heterocycles. The summed E-state index contributed by atoms with van der Waals surface area (Å²) in [5.41, 5.74) is 0.972. The van der Waals surface area contributed by atoms with Crippen molar-refractivity contribution in [1.82, 2.24) is 20.3 Å². The quantitative estimate of drug-likeness (QED) is 0.263. The molecule has 12 heteroatoms. The van der Waals surface area contributed by atoms with Crippen molar-refractivity contribution < 1.29 is 26.3 Å². The fraction of sp³-hybridized carbons (Fsp3) is 0.357. The number of hydrogen-bond acceptors (Lipinski definition) is 5. The van der Waals surface area contributed by atoms with E-state index in [1.807, 2.05) is 30.9 Å². The average molecular weight is 563 g/mol. The molecule has 4 aromatic rings. The fourth-order valence-electron chi connectivity index (χ4n) is 4.76. The second kappa shape index (κ2) is 10.6. The third kappa shape index (κ3) is 5.86. The van der Waals surface area contributed by atoms with Crippen molar-refractivity contribution in [3.05, 3.63) is 71.4 Å². The number of rotatable bonds is 6. The Hall–Kier alpha value is -3.80. The standard InChI is InChI=1S/C28H28F6N6/c1-17(2)36-16-18-5-7-19(8-6-18)21-14-20(27(29,30)31)15-23-24(21)38-26(37-23)40-12-10-39(11-13-40)25-22(28(32,33)34)4-3-9-35-25/h3-9,14-15,17,36H,10-13,16H2,1-2H3,(H,37,38). The van der Waals surface area contributed by atoms with Crippen LogP contribution in [-0.4, -0.2) is 47.2 Å². The number of piperazine rings is 1. The molecule has 0 aliphatic carbocycles. The lowest BCUT2D eigenvalue weighted by Gasteiger charge is -2.36. The van der Waals surface area contributed by atoms with E-state index in [1.54, 1.807) is 17.0 Å². The Kier molecular flexibility index (Phi) is 7.38. The SMILES string of the molecule is CC(C)NCc1ccc(-c2cc(C(F)(F)F)cc3[nH]c(N4CCN(c5ncccc5C(F)(F)F)CC4)nc23)cc1. The Morgan fingerprint density at radius 3 is 2.20 bits per heavy atom. The van der Waals surface area contributed by atoms with Gasteiger partial charge in [0.05, 0.1) is 22.2 Å². The molecule has 0 spiro atoms. The third-order valence-electron chi connectivity index (χ3n) is 6.85. The normalized spacial score (nSPS) is 14.9. The van der Waals surface area contributed by atoms with Crippen LogP contribution in [0.4, 0.5) is 38.1 Å². The zero-order valence-electron chi connectivity index (χ0n) is 21.9. The summed E-state index contributed by atoms with van der Waals surface area (Å²) in [6.45, 7) is 5.80. The molecule has 40 heavy (non-hydrogen) atoms. The number of nitrogens with zero attached hydrogens (tertiary/aromatic N) is 4. The summed E-state index contributed by atoms with van der Waals surface area (Å²) < 4.78 is 81.8. The summed E-state index contributed by atoms with van der Waals surface area (Å²) in [4.78, 5) is 15.0. The van der Waals surface area contributed by atoms with Gasteiger partial charge in [-0.15, -0.1) is 0 Å². The fourth-order valence-corrected chi connectivity index (χ4v) is 4.76. The Bertz CT molecular complexity index is 1470. The Balaban J connectivity index is 1.43. The maximum atomic E-state index is 13.8. The van der Waals surface area contributed by atoms with Crippen molar-refractivity contribution >= 4 is 22.8 Å². The number of anilines is 2. The summed E-state index contributed by atoms with van der Waals surface area (Å²) in [5.74, 6) is 0.230. The van der Waals surface area contributed by atoms with Gasteiger partial charge in [0.25, 0.3) is 0 Å². The number of nitrogens with one attached hydrogen (secondary N) is 2. The highest BCUT2D eigenvalue weighted by Crippen LogP contribution is 2.38. The minimum atomic E-state index is -4.56. The molecule has 1 aliphatic heterocycles. The predicted octanol–water partition coefficient (Wildman–Crippen LogP) is 6.49. The average Bonchev–Trinajstić information content (AvgIpc) is 3.35. The van der Waals surface area contributed by atoms with Crippen molar-refractivity contribution in [3.63, 3.8) is 0 Å². The molecule has 1 fully saturated rings. The van der Waals surface area contributed by atoms with Crippen molar-refractivity contribution in [1.29, 1.82) is 0 Å². The van der Waals surface area contributed by atoms with Gasteiger partial charge >= 0.3 is 12.4 Å². The molecule has 0 saturated carbocycles. The highest BCUT2D eigenvalue weighted by atomic mass is 19.4. The van der Waals surface area contributed by atoms with Gasteiger partial charge in [0.15, 0.2) is 0 Å². The molecule has 2 aromatic carbocycles. The minimum Gasteiger partial charge on any atom is -0.353 e. The smallest absolute Gasteiger partial charge is 0.353 e. The second-order valence-electron chi connectivity index (χ2n) is 10.1. The number of pyridine rings is 1. The number of aromatic amines is 1. The van der Waals surface area contributed by atoms with Crippen LogP contribution >= 0.6 is 0 Å². The van der Waals surface area contributed by atoms with E-state index in [2.05, 4.69) is 20.3 Å². The van der Waals surface area contributed by atoms with Gasteiger partial charge in [-0.1, -0.05) is 38.1 Å². The lowest BCUT2D eigenvalue weighted by atomic mass is 9.99. The summed E-state index contributed by atoms with van der Waals surface area (Å²) in [6, 6.07) is 12.0. The van der Waals surface area contributed by atoms with E-state index in [0.29, 0.717) is 48.3 Å². The monoisotopic (exact) mass is 562 g/mol. The number of hydrogen-bond donors (Lipinski definition) is 2. The van der Waals surface area contributed by atoms with Crippen LogP contribution in [0.3, 0.4) is 0 Å². The number of benzene rings is 2. The van der Waals surface area contributed by atoms with Crippen molar-refractivity contribution in [2.75, 3.05) is 36.0 Å². The number of fused-ring (bicyclic) bond motifs is 1. The molecule has 2 aromatic heterocycles. The van der Waals surface area contributed by atoms with Gasteiger partial charge in [-0.2, -0.15) is 26.3 Å². The van der Waals surface area contributed by atoms with Gasteiger partial charge in [-0.25, -0.2) is 9.97 Å². The number of aromatic nitrogens is 3. The lowest BCUT2D eigenvalue weighted by molar-refractivity contribution is -0.138. The van der Waals surface area contributed by atoms with E-state index < -0.39 is 23.5 Å². The lowest BCUT2D eigenvalue weighted by Crippen LogP contribution is -2.47. The highest BCUT2D eigenvalue weighted by molar-refractivity contribution is 5.94. The van der Waals surface area contributed by atoms with Gasteiger partial charge in [0.1, 0.15) is 5.82 Å². The highest BCUT2D eigenvalue weighted by Gasteiger charge is 2.36. The number of H-pyrrole nitrogens is 1. The molecule has 2 N–H and O–H groups in total. The number of alkyl halides is 6. The van der Waals surface area contributed by atoms with Crippen molar-refractivity contribution in [2.45, 2.75) is 38.8 Å². The van der Waals surface area contributed by atoms with Gasteiger partial charge < -0.3 is 20.1 Å². The van der Waals surface area contributed by atoms with Gasteiger partial charge in [0.2, 0.25) is 5.95 Å². The molecule has 5 rings (SSSR count). The van der Waals surface area contributed by atoms with Gasteiger partial charge in [-0.3, -0.25) is 0 Å². The van der Waals surface area contributed by atoms with E-state index in [4.69, 9.17) is 0 Å². The van der Waals surface area contributed by atoms with Crippen LogP contribution in [0.15, 0.2) is 54.7 Å². The molecule has 0 unspecified atom stereocenters. The molecule has 3 heterocycles. The predicted molar refractivity (Wildman–Crippen MR) is 142 cm³/mol. The first kappa shape index (κ1) is 27.8. The topological polar surface area (TPSA) is 60.1 Å². The maximum absolute atomic E-state index is 13.8. The first-order chi connectivity index (χ1) is 18.9. The maximum Gasteiger partial charge on any atom is 0.419 e. The Morgan fingerprint density at radius 2 is 1.57 bits per heavy atom. The minimum absolute atomic E-state index is 0.136. The molecular formula is C28H28F6N6. The van der Waals surface area contributed by atoms with E-state index in [9.17, 15) is 26.3 Å². The van der Waals surface area contributed by atoms with Crippen molar-refractivity contribution in [2.24, 2.45) is 0 Å². The van der Waals surface area contributed by atoms with E-state index in [0.717, 1.165) is 23.8 Å². The third-order valence-corrected chi connectivity index (χ3v) is 6.85. The number of imidazole rings is 1. The van der Waals surface area contributed by atoms with E-state index in [-0.39, 0.29) is 24.4 Å². The molecule has 0 amide bonds. The molecule has 0 atom stereocenters. The van der Waals surface area contributed by atoms with E-state index in [1.165, 1.54) is 12.3 Å². The molecule has 0 radical (unpaired) electrons. The summed E-state index contributed by atoms with van der Waals surface area (Å²) in [6.07, 6.45) is -7.77. The van der Waals surface area contributed by atoms with Gasteiger partial charge in [0, 0.05) is 50.5 Å². The van der Waals surface area contributed by atoms with Crippen LogP contribution in [0.1, 0.15) is 30.5 Å². The zero-order valence-corrected chi connectivity index (χ0v) is 21.9. The van der Waals surface area contributed by atoms with Crippen LogP contribution in [0.5, 0.6) is 0 Å². The second-order valence-corrected chi connectivity index (χ2v) is 10.1. The van der Waals surface area contributed by atoms with Gasteiger partial charge in [-0.05, 0) is 35.4 Å². The summed E-state index contributed by atoms with van der Waals surface area (Å²) in [7, 11) is 0. The van der Waals surface area contributed by atoms with E-state index >= 15 is 0 Å². The largest absolute Gasteiger partial charge is 0.419 e. The molecular weight excluding hydrogens is 534 g/mol. The molecule has 6 nitrogen and oxygen atoms in total. The van der Waals surface area contributed by atoms with Crippen LogP contribution in [0, 0.1) is 0 Å². The van der Waals surface area contributed by atoms with Crippen molar-refractivity contribution in [3.8, 4) is 11.1 Å².